The molecule has 0 aliphatic carbocycles. The maximum atomic E-state index is 12.8. The number of amides is 2. The van der Waals surface area contributed by atoms with Crippen LogP contribution in [0, 0.1) is 11.8 Å². The van der Waals surface area contributed by atoms with Gasteiger partial charge in [-0.3, -0.25) is 9.59 Å². The molecule has 0 aromatic heterocycles. The Morgan fingerprint density at radius 3 is 2.14 bits per heavy atom. The Morgan fingerprint density at radius 1 is 1.07 bits per heavy atom. The smallest absolute Gasteiger partial charge is 0.345 e. The number of nitrogens with one attached hydrogen (secondary N) is 2. The van der Waals surface area contributed by atoms with Crippen LogP contribution in [0.4, 0.5) is 13.2 Å². The summed E-state index contributed by atoms with van der Waals surface area (Å²) in [6.07, 6.45) is -3.58. The largest absolute Gasteiger partial charge is 0.405 e. The molecule has 2 rings (SSSR count). The summed E-state index contributed by atoms with van der Waals surface area (Å²) in [7, 11) is -3.69. The lowest BCUT2D eigenvalue weighted by molar-refractivity contribution is -0.137. The lowest BCUT2D eigenvalue weighted by atomic mass is 9.94. The van der Waals surface area contributed by atoms with Crippen molar-refractivity contribution in [2.45, 2.75) is 31.3 Å². The molecule has 7 nitrogen and oxygen atoms in total. The van der Waals surface area contributed by atoms with Crippen LogP contribution in [0.25, 0.3) is 0 Å². The third-order valence-electron chi connectivity index (χ3n) is 4.49. The minimum Gasteiger partial charge on any atom is -0.345 e. The van der Waals surface area contributed by atoms with Gasteiger partial charge in [-0.1, -0.05) is 13.8 Å². The lowest BCUT2D eigenvalue weighted by Crippen LogP contribution is -2.42. The zero-order valence-corrected chi connectivity index (χ0v) is 16.9. The van der Waals surface area contributed by atoms with Crippen LogP contribution in [0.3, 0.4) is 0 Å². The van der Waals surface area contributed by atoms with Crippen LogP contribution in [0.2, 0.25) is 0 Å². The second kappa shape index (κ2) is 9.12. The van der Waals surface area contributed by atoms with E-state index in [0.717, 1.165) is 6.42 Å². The van der Waals surface area contributed by atoms with E-state index in [1.807, 2.05) is 13.8 Å². The van der Waals surface area contributed by atoms with Gasteiger partial charge in [0.05, 0.1) is 11.4 Å². The van der Waals surface area contributed by atoms with Gasteiger partial charge in [-0.15, -0.1) is 0 Å². The van der Waals surface area contributed by atoms with Crippen LogP contribution < -0.4 is 10.6 Å². The molecule has 1 heterocycles. The Morgan fingerprint density at radius 2 is 1.62 bits per heavy atom. The molecule has 1 aromatic carbocycles. The predicted molar refractivity (Wildman–Crippen MR) is 99.5 cm³/mol. The molecule has 1 saturated heterocycles. The Kier molecular flexibility index (Phi) is 7.28. The summed E-state index contributed by atoms with van der Waals surface area (Å²) in [6, 6.07) is 5.20. The zero-order valence-electron chi connectivity index (χ0n) is 16.1. The van der Waals surface area contributed by atoms with E-state index >= 15 is 0 Å². The summed E-state index contributed by atoms with van der Waals surface area (Å²) in [5, 5.41) is 3.83. The Bertz CT molecular complexity index is 831. The van der Waals surface area contributed by atoms with Crippen molar-refractivity contribution in [3.05, 3.63) is 29.8 Å². The van der Waals surface area contributed by atoms with Gasteiger partial charge in [0.1, 0.15) is 6.54 Å². The number of piperidine rings is 1. The van der Waals surface area contributed by atoms with Crippen molar-refractivity contribution >= 4 is 21.8 Å². The van der Waals surface area contributed by atoms with Crippen molar-refractivity contribution in [2.24, 2.45) is 11.8 Å². The van der Waals surface area contributed by atoms with Gasteiger partial charge in [-0.25, -0.2) is 8.42 Å². The molecule has 0 radical (unpaired) electrons. The van der Waals surface area contributed by atoms with Crippen molar-refractivity contribution in [3.8, 4) is 0 Å². The maximum Gasteiger partial charge on any atom is 0.405 e. The summed E-state index contributed by atoms with van der Waals surface area (Å²) < 4.78 is 63.2. The highest BCUT2D eigenvalue weighted by Gasteiger charge is 2.31. The molecule has 2 atom stereocenters. The van der Waals surface area contributed by atoms with Crippen molar-refractivity contribution < 1.29 is 31.2 Å². The van der Waals surface area contributed by atoms with Crippen LogP contribution in [-0.2, 0) is 14.8 Å². The van der Waals surface area contributed by atoms with Gasteiger partial charge in [0.15, 0.2) is 0 Å². The molecule has 2 amide bonds. The first-order valence-corrected chi connectivity index (χ1v) is 10.5. The van der Waals surface area contributed by atoms with Crippen LogP contribution in [0.1, 0.15) is 30.6 Å². The van der Waals surface area contributed by atoms with E-state index in [1.165, 1.54) is 28.6 Å². The highest BCUT2D eigenvalue weighted by Crippen LogP contribution is 2.26. The molecular formula is C18H24F3N3O4S. The van der Waals surface area contributed by atoms with Crippen molar-refractivity contribution in [2.75, 3.05) is 26.2 Å². The van der Waals surface area contributed by atoms with Crippen LogP contribution in [0.5, 0.6) is 0 Å². The number of rotatable bonds is 6. The van der Waals surface area contributed by atoms with Crippen molar-refractivity contribution in [1.82, 2.24) is 14.9 Å². The minimum atomic E-state index is -4.54. The van der Waals surface area contributed by atoms with Crippen LogP contribution in [-0.4, -0.2) is 56.9 Å². The molecule has 162 valence electrons. The van der Waals surface area contributed by atoms with E-state index in [-0.39, 0.29) is 22.3 Å². The molecule has 0 bridgehead atoms. The number of carbonyl (C=O) groups is 2. The SMILES string of the molecule is CC1CC(C)CN(S(=O)(=O)c2ccc(C(=O)NCC(=O)NCC(F)(F)F)cc2)C1. The van der Waals surface area contributed by atoms with Crippen LogP contribution in [0.15, 0.2) is 29.2 Å². The third-order valence-corrected chi connectivity index (χ3v) is 6.33. The van der Waals surface area contributed by atoms with E-state index in [0.29, 0.717) is 13.1 Å². The minimum absolute atomic E-state index is 0.0540. The standard InChI is InChI=1S/C18H24F3N3O4S/c1-12-7-13(2)10-24(9-12)29(27,28)15-5-3-14(4-6-15)17(26)22-8-16(25)23-11-18(19,20)21/h3-6,12-13H,7-11H2,1-2H3,(H,22,26)(H,23,25). The average Bonchev–Trinajstić information content (AvgIpc) is 2.63. The summed E-state index contributed by atoms with van der Waals surface area (Å²) in [5.74, 6) is -1.18. The number of halogens is 3. The van der Waals surface area contributed by atoms with Gasteiger partial charge in [0.2, 0.25) is 15.9 Å². The summed E-state index contributed by atoms with van der Waals surface area (Å²) in [5.41, 5.74) is 0.0907. The van der Waals surface area contributed by atoms with E-state index in [1.54, 1.807) is 5.32 Å². The van der Waals surface area contributed by atoms with Gasteiger partial charge in [-0.05, 0) is 42.5 Å². The van der Waals surface area contributed by atoms with E-state index in [9.17, 15) is 31.2 Å². The Balaban J connectivity index is 1.97. The number of hydrogen-bond acceptors (Lipinski definition) is 4. The quantitative estimate of drug-likeness (QED) is 0.712. The molecule has 0 saturated carbocycles. The monoisotopic (exact) mass is 435 g/mol. The number of hydrogen-bond donors (Lipinski definition) is 2. The van der Waals surface area contributed by atoms with Crippen molar-refractivity contribution in [3.63, 3.8) is 0 Å². The fraction of sp³-hybridized carbons (Fsp3) is 0.556. The Labute approximate surface area is 167 Å². The van der Waals surface area contributed by atoms with Crippen LogP contribution >= 0.6 is 0 Å². The van der Waals surface area contributed by atoms with Gasteiger partial charge in [0, 0.05) is 18.7 Å². The van der Waals surface area contributed by atoms with Gasteiger partial charge < -0.3 is 10.6 Å². The fourth-order valence-corrected chi connectivity index (χ4v) is 4.93. The Hall–Kier alpha value is -2.14. The first kappa shape index (κ1) is 23.1. The molecule has 1 aromatic rings. The van der Waals surface area contributed by atoms with Crippen molar-refractivity contribution in [1.29, 1.82) is 0 Å². The zero-order chi connectivity index (χ0) is 21.8. The first-order chi connectivity index (χ1) is 13.4. The second-order valence-electron chi connectivity index (χ2n) is 7.37. The molecule has 1 aliphatic heterocycles. The molecule has 0 spiro atoms. The molecule has 2 N–H and O–H groups in total. The second-order valence-corrected chi connectivity index (χ2v) is 9.30. The van der Waals surface area contributed by atoms with E-state index in [2.05, 4.69) is 5.32 Å². The lowest BCUT2D eigenvalue weighted by Gasteiger charge is -2.34. The molecular weight excluding hydrogens is 411 g/mol. The average molecular weight is 435 g/mol. The highest BCUT2D eigenvalue weighted by atomic mass is 32.2. The van der Waals surface area contributed by atoms with Gasteiger partial charge in [-0.2, -0.15) is 17.5 Å². The molecule has 29 heavy (non-hydrogen) atoms. The highest BCUT2D eigenvalue weighted by molar-refractivity contribution is 7.89. The fourth-order valence-electron chi connectivity index (χ4n) is 3.25. The topological polar surface area (TPSA) is 95.6 Å². The molecule has 11 heteroatoms. The summed E-state index contributed by atoms with van der Waals surface area (Å²) in [6.45, 7) is 2.75. The van der Waals surface area contributed by atoms with Gasteiger partial charge >= 0.3 is 6.18 Å². The third kappa shape index (κ3) is 6.70. The number of carbonyl (C=O) groups excluding carboxylic acids is 2. The molecule has 2 unspecified atom stereocenters. The normalized spacial score (nSPS) is 20.9. The summed E-state index contributed by atoms with van der Waals surface area (Å²) in [4.78, 5) is 23.4. The molecule has 1 aliphatic rings. The first-order valence-electron chi connectivity index (χ1n) is 9.10. The summed E-state index contributed by atoms with van der Waals surface area (Å²) >= 11 is 0. The predicted octanol–water partition coefficient (Wildman–Crippen LogP) is 1.76. The van der Waals surface area contributed by atoms with E-state index in [4.69, 9.17) is 0 Å². The number of benzene rings is 1. The number of sulfonamides is 1. The number of nitrogens with zero attached hydrogens (tertiary/aromatic N) is 1. The number of alkyl halides is 3. The maximum absolute atomic E-state index is 12.8. The van der Waals surface area contributed by atoms with Gasteiger partial charge in [0.25, 0.3) is 5.91 Å². The molecule has 1 fully saturated rings. The van der Waals surface area contributed by atoms with E-state index < -0.39 is 41.1 Å².